The Balaban J connectivity index is 1.87. The van der Waals surface area contributed by atoms with E-state index in [1.54, 1.807) is 0 Å². The first kappa shape index (κ1) is 9.01. The van der Waals surface area contributed by atoms with Crippen LogP contribution in [0.5, 0.6) is 0 Å². The summed E-state index contributed by atoms with van der Waals surface area (Å²) in [5.41, 5.74) is 0. The topological polar surface area (TPSA) is 32.8 Å². The smallest absolute Gasteiger partial charge is 0.0863 e. The Morgan fingerprint density at radius 2 is 1.91 bits per heavy atom. The van der Waals surface area contributed by atoms with E-state index in [4.69, 9.17) is 9.84 Å². The molecule has 2 atom stereocenters. The first-order valence-corrected chi connectivity index (χ1v) is 4.64. The first-order valence-electron chi connectivity index (χ1n) is 4.64. The van der Waals surface area contributed by atoms with Gasteiger partial charge in [0.25, 0.3) is 0 Å². The van der Waals surface area contributed by atoms with Crippen LogP contribution in [0.25, 0.3) is 0 Å². The molecule has 0 aliphatic carbocycles. The summed E-state index contributed by atoms with van der Waals surface area (Å²) in [5, 5.41) is 8.59. The van der Waals surface area contributed by atoms with E-state index in [1.165, 1.54) is 25.7 Å². The predicted molar refractivity (Wildman–Crippen MR) is 44.5 cm³/mol. The molecule has 0 aromatic heterocycles. The van der Waals surface area contributed by atoms with Crippen molar-refractivity contribution in [3.63, 3.8) is 0 Å². The molecule has 1 aliphatic heterocycles. The summed E-state index contributed by atoms with van der Waals surface area (Å²) in [7, 11) is 0. The molecule has 0 saturated carbocycles. The molecular formula is C9H18O2. The van der Waals surface area contributed by atoms with Crippen LogP contribution in [0.4, 0.5) is 0 Å². The maximum absolute atomic E-state index is 8.59. The van der Waals surface area contributed by atoms with Crippen molar-refractivity contribution in [3.05, 3.63) is 0 Å². The van der Waals surface area contributed by atoms with E-state index in [0.717, 1.165) is 6.42 Å². The monoisotopic (exact) mass is 158 g/mol. The van der Waals surface area contributed by atoms with Gasteiger partial charge in [-0.2, -0.15) is 0 Å². The number of rotatable bonds is 6. The molecule has 1 N–H and O–H groups in total. The minimum absolute atomic E-state index is 0.273. The van der Waals surface area contributed by atoms with Crippen LogP contribution in [0.1, 0.15) is 39.0 Å². The molecule has 2 nitrogen and oxygen atoms in total. The van der Waals surface area contributed by atoms with Crippen molar-refractivity contribution in [1.82, 2.24) is 0 Å². The maximum atomic E-state index is 8.59. The fraction of sp³-hybridized carbons (Fsp3) is 1.00. The van der Waals surface area contributed by atoms with Gasteiger partial charge in [0, 0.05) is 6.61 Å². The van der Waals surface area contributed by atoms with Crippen molar-refractivity contribution < 1.29 is 9.84 Å². The zero-order valence-corrected chi connectivity index (χ0v) is 7.25. The highest BCUT2D eigenvalue weighted by atomic mass is 16.6. The lowest BCUT2D eigenvalue weighted by Gasteiger charge is -1.93. The molecule has 0 aromatic rings. The zero-order valence-electron chi connectivity index (χ0n) is 7.25. The molecule has 2 unspecified atom stereocenters. The van der Waals surface area contributed by atoms with Gasteiger partial charge in [0.05, 0.1) is 12.2 Å². The lowest BCUT2D eigenvalue weighted by atomic mass is 10.1. The third-order valence-electron chi connectivity index (χ3n) is 2.19. The van der Waals surface area contributed by atoms with Crippen molar-refractivity contribution in [3.8, 4) is 0 Å². The molecule has 0 aromatic carbocycles. The molecule has 1 heterocycles. The van der Waals surface area contributed by atoms with Crippen LogP contribution >= 0.6 is 0 Å². The SMILES string of the molecule is CCCCCC1OC1CCO. The molecule has 0 bridgehead atoms. The molecule has 11 heavy (non-hydrogen) atoms. The van der Waals surface area contributed by atoms with E-state index < -0.39 is 0 Å². The van der Waals surface area contributed by atoms with Crippen LogP contribution in [0.2, 0.25) is 0 Å². The van der Waals surface area contributed by atoms with Gasteiger partial charge in [0.15, 0.2) is 0 Å². The third kappa shape index (κ3) is 3.21. The van der Waals surface area contributed by atoms with E-state index >= 15 is 0 Å². The van der Waals surface area contributed by atoms with Crippen LogP contribution in [0.15, 0.2) is 0 Å². The van der Waals surface area contributed by atoms with E-state index in [-0.39, 0.29) is 6.61 Å². The minimum atomic E-state index is 0.273. The molecule has 0 radical (unpaired) electrons. The molecule has 1 saturated heterocycles. The van der Waals surface area contributed by atoms with Gasteiger partial charge in [-0.1, -0.05) is 26.2 Å². The Morgan fingerprint density at radius 1 is 1.18 bits per heavy atom. The molecule has 1 rings (SSSR count). The maximum Gasteiger partial charge on any atom is 0.0863 e. The highest BCUT2D eigenvalue weighted by Crippen LogP contribution is 2.29. The Labute approximate surface area is 68.6 Å². The number of hydrogen-bond donors (Lipinski definition) is 1. The van der Waals surface area contributed by atoms with Crippen LogP contribution in [0, 0.1) is 0 Å². The van der Waals surface area contributed by atoms with E-state index in [2.05, 4.69) is 6.92 Å². The summed E-state index contributed by atoms with van der Waals surface area (Å²) in [5.74, 6) is 0. The summed E-state index contributed by atoms with van der Waals surface area (Å²) in [4.78, 5) is 0. The van der Waals surface area contributed by atoms with Crippen LogP contribution in [-0.2, 0) is 4.74 Å². The lowest BCUT2D eigenvalue weighted by molar-refractivity contribution is 0.262. The molecule has 0 amide bonds. The van der Waals surface area contributed by atoms with Crippen molar-refractivity contribution in [2.45, 2.75) is 51.2 Å². The largest absolute Gasteiger partial charge is 0.396 e. The van der Waals surface area contributed by atoms with Gasteiger partial charge < -0.3 is 9.84 Å². The molecule has 0 spiro atoms. The summed E-state index contributed by atoms with van der Waals surface area (Å²) < 4.78 is 5.34. The molecule has 66 valence electrons. The normalized spacial score (nSPS) is 28.9. The number of hydrogen-bond acceptors (Lipinski definition) is 2. The number of aliphatic hydroxyl groups excluding tert-OH is 1. The quantitative estimate of drug-likeness (QED) is 0.471. The third-order valence-corrected chi connectivity index (χ3v) is 2.19. The van der Waals surface area contributed by atoms with Gasteiger partial charge >= 0.3 is 0 Å². The van der Waals surface area contributed by atoms with Crippen LogP contribution in [0.3, 0.4) is 0 Å². The highest BCUT2D eigenvalue weighted by molar-refractivity contribution is 4.83. The lowest BCUT2D eigenvalue weighted by Crippen LogP contribution is -1.96. The van der Waals surface area contributed by atoms with Crippen molar-refractivity contribution in [2.24, 2.45) is 0 Å². The number of unbranched alkanes of at least 4 members (excludes halogenated alkanes) is 2. The van der Waals surface area contributed by atoms with Crippen molar-refractivity contribution in [1.29, 1.82) is 0 Å². The molecule has 1 aliphatic rings. The Hall–Kier alpha value is -0.0800. The van der Waals surface area contributed by atoms with Gasteiger partial charge in [-0.3, -0.25) is 0 Å². The second kappa shape index (κ2) is 4.73. The Kier molecular flexibility index (Phi) is 3.87. The summed E-state index contributed by atoms with van der Waals surface area (Å²) in [6.07, 6.45) is 6.76. The van der Waals surface area contributed by atoms with Gasteiger partial charge in [-0.05, 0) is 12.8 Å². The minimum Gasteiger partial charge on any atom is -0.396 e. The summed E-state index contributed by atoms with van der Waals surface area (Å²) in [6.45, 7) is 2.48. The number of epoxide rings is 1. The second-order valence-corrected chi connectivity index (χ2v) is 3.22. The second-order valence-electron chi connectivity index (χ2n) is 3.22. The fourth-order valence-electron chi connectivity index (χ4n) is 1.41. The van der Waals surface area contributed by atoms with Crippen molar-refractivity contribution >= 4 is 0 Å². The van der Waals surface area contributed by atoms with E-state index in [1.807, 2.05) is 0 Å². The average Bonchev–Trinajstić information content (AvgIpc) is 2.70. The van der Waals surface area contributed by atoms with Gasteiger partial charge in [-0.25, -0.2) is 0 Å². The Morgan fingerprint density at radius 3 is 2.55 bits per heavy atom. The molecule has 2 heteroatoms. The summed E-state index contributed by atoms with van der Waals surface area (Å²) in [6, 6.07) is 0. The number of aliphatic hydroxyl groups is 1. The Bertz CT molecular complexity index is 104. The predicted octanol–water partition coefficient (Wildman–Crippen LogP) is 1.72. The van der Waals surface area contributed by atoms with E-state index in [9.17, 15) is 0 Å². The van der Waals surface area contributed by atoms with Crippen LogP contribution in [-0.4, -0.2) is 23.9 Å². The van der Waals surface area contributed by atoms with Gasteiger partial charge in [0.1, 0.15) is 0 Å². The van der Waals surface area contributed by atoms with Gasteiger partial charge in [0.2, 0.25) is 0 Å². The fourth-order valence-corrected chi connectivity index (χ4v) is 1.41. The molecule has 1 fully saturated rings. The van der Waals surface area contributed by atoms with E-state index in [0.29, 0.717) is 12.2 Å². The average molecular weight is 158 g/mol. The zero-order chi connectivity index (χ0) is 8.10. The van der Waals surface area contributed by atoms with Gasteiger partial charge in [-0.15, -0.1) is 0 Å². The highest BCUT2D eigenvalue weighted by Gasteiger charge is 2.36. The van der Waals surface area contributed by atoms with Crippen LogP contribution < -0.4 is 0 Å². The van der Waals surface area contributed by atoms with Crippen molar-refractivity contribution in [2.75, 3.05) is 6.61 Å². The summed E-state index contributed by atoms with van der Waals surface area (Å²) >= 11 is 0. The standard InChI is InChI=1S/C9H18O2/c1-2-3-4-5-8-9(11-8)6-7-10/h8-10H,2-7H2,1H3. The molecular weight excluding hydrogens is 140 g/mol. The number of ether oxygens (including phenoxy) is 1. The first-order chi connectivity index (χ1) is 5.38.